The molecule has 0 aliphatic carbocycles. The smallest absolute Gasteiger partial charge is 0.332 e. The predicted molar refractivity (Wildman–Crippen MR) is 124 cm³/mol. The molecule has 2 aromatic carbocycles. The highest BCUT2D eigenvalue weighted by molar-refractivity contribution is 5.74. The van der Waals surface area contributed by atoms with Gasteiger partial charge in [0.2, 0.25) is 5.95 Å². The van der Waals surface area contributed by atoms with Crippen molar-refractivity contribution in [2.45, 2.75) is 25.8 Å². The second-order valence-corrected chi connectivity index (χ2v) is 8.05. The van der Waals surface area contributed by atoms with Gasteiger partial charge in [-0.3, -0.25) is 18.5 Å². The lowest BCUT2D eigenvalue weighted by Crippen LogP contribution is -2.37. The van der Waals surface area contributed by atoms with Crippen molar-refractivity contribution in [2.75, 3.05) is 11.9 Å². The van der Waals surface area contributed by atoms with Crippen LogP contribution in [0.25, 0.3) is 11.2 Å². The number of benzene rings is 2. The van der Waals surface area contributed by atoms with Crippen molar-refractivity contribution >= 4 is 17.1 Å². The van der Waals surface area contributed by atoms with Gasteiger partial charge in [0, 0.05) is 26.7 Å². The molecule has 0 amide bonds. The summed E-state index contributed by atoms with van der Waals surface area (Å²) in [5.41, 5.74) is 0.993. The zero-order valence-corrected chi connectivity index (χ0v) is 18.5. The van der Waals surface area contributed by atoms with Crippen LogP contribution in [0, 0.1) is 11.6 Å². The molecule has 0 saturated carbocycles. The molecule has 0 radical (unpaired) electrons. The molecule has 0 aliphatic rings. The van der Waals surface area contributed by atoms with Gasteiger partial charge >= 0.3 is 5.69 Å². The Balaban J connectivity index is 1.63. The summed E-state index contributed by atoms with van der Waals surface area (Å²) in [5, 5.41) is 3.23. The lowest BCUT2D eigenvalue weighted by Gasteiger charge is -2.11. The number of unbranched alkanes of at least 4 members (excludes halogenated alkanes) is 1. The van der Waals surface area contributed by atoms with E-state index in [1.807, 2.05) is 18.2 Å². The standard InChI is InChI=1S/C24H25F2N5O2/c1-29-21-20(22(32)30(2)24(29)33)31(15-17-12-18(25)14-19(26)13-17)23(28-21)27-11-7-6-10-16-8-4-3-5-9-16/h3-5,8-9,12-14H,6-7,10-11,15H2,1-2H3,(H,27,28). The van der Waals surface area contributed by atoms with Crippen LogP contribution < -0.4 is 16.6 Å². The van der Waals surface area contributed by atoms with Gasteiger partial charge in [-0.05, 0) is 42.5 Å². The van der Waals surface area contributed by atoms with Crippen molar-refractivity contribution in [1.82, 2.24) is 18.7 Å². The zero-order chi connectivity index (χ0) is 23.5. The van der Waals surface area contributed by atoms with Crippen LogP contribution in [0.15, 0.2) is 58.1 Å². The van der Waals surface area contributed by atoms with Gasteiger partial charge in [-0.1, -0.05) is 30.3 Å². The first-order valence-electron chi connectivity index (χ1n) is 10.7. The van der Waals surface area contributed by atoms with E-state index in [2.05, 4.69) is 22.4 Å². The Bertz CT molecular complexity index is 1390. The molecule has 2 heterocycles. The second kappa shape index (κ2) is 9.40. The quantitative estimate of drug-likeness (QED) is 0.416. The van der Waals surface area contributed by atoms with E-state index in [0.29, 0.717) is 18.1 Å². The van der Waals surface area contributed by atoms with Crippen LogP contribution >= 0.6 is 0 Å². The summed E-state index contributed by atoms with van der Waals surface area (Å²) in [6.07, 6.45) is 2.74. The molecular weight excluding hydrogens is 428 g/mol. The maximum atomic E-state index is 13.8. The van der Waals surface area contributed by atoms with Crippen LogP contribution in [0.5, 0.6) is 0 Å². The summed E-state index contributed by atoms with van der Waals surface area (Å²) in [6.45, 7) is 0.604. The molecule has 4 rings (SSSR count). The molecule has 0 bridgehead atoms. The number of rotatable bonds is 8. The van der Waals surface area contributed by atoms with Crippen LogP contribution in [0.4, 0.5) is 14.7 Å². The SMILES string of the molecule is Cn1c(=O)c2c(nc(NCCCCc3ccccc3)n2Cc2cc(F)cc(F)c2)n(C)c1=O. The van der Waals surface area contributed by atoms with Gasteiger partial charge in [-0.25, -0.2) is 13.6 Å². The average molecular weight is 453 g/mol. The van der Waals surface area contributed by atoms with Crippen molar-refractivity contribution in [3.63, 3.8) is 0 Å². The van der Waals surface area contributed by atoms with Crippen LogP contribution in [-0.2, 0) is 27.1 Å². The minimum Gasteiger partial charge on any atom is -0.356 e. The first-order valence-corrected chi connectivity index (χ1v) is 10.7. The largest absolute Gasteiger partial charge is 0.356 e. The number of aromatic nitrogens is 4. The molecule has 0 spiro atoms. The van der Waals surface area contributed by atoms with E-state index in [4.69, 9.17) is 0 Å². The molecular formula is C24H25F2N5O2. The normalized spacial score (nSPS) is 11.3. The zero-order valence-electron chi connectivity index (χ0n) is 18.5. The molecule has 7 nitrogen and oxygen atoms in total. The number of aryl methyl sites for hydroxylation is 2. The Hall–Kier alpha value is -3.75. The average Bonchev–Trinajstić information content (AvgIpc) is 3.14. The predicted octanol–water partition coefficient (Wildman–Crippen LogP) is 3.20. The van der Waals surface area contributed by atoms with E-state index >= 15 is 0 Å². The number of hydrogen-bond acceptors (Lipinski definition) is 4. The van der Waals surface area contributed by atoms with Gasteiger partial charge in [0.15, 0.2) is 11.2 Å². The van der Waals surface area contributed by atoms with Crippen LogP contribution in [0.1, 0.15) is 24.0 Å². The number of anilines is 1. The minimum absolute atomic E-state index is 0.0188. The van der Waals surface area contributed by atoms with Crippen LogP contribution in [0.3, 0.4) is 0 Å². The molecule has 0 saturated heterocycles. The lowest BCUT2D eigenvalue weighted by atomic mass is 10.1. The first-order chi connectivity index (χ1) is 15.8. The maximum Gasteiger partial charge on any atom is 0.332 e. The van der Waals surface area contributed by atoms with E-state index in [1.165, 1.54) is 36.4 Å². The van der Waals surface area contributed by atoms with Gasteiger partial charge in [0.05, 0.1) is 6.54 Å². The van der Waals surface area contributed by atoms with E-state index < -0.39 is 22.9 Å². The fraction of sp³-hybridized carbons (Fsp3) is 0.292. The summed E-state index contributed by atoms with van der Waals surface area (Å²) in [5.74, 6) is -1.04. The van der Waals surface area contributed by atoms with Gasteiger partial charge < -0.3 is 5.32 Å². The third kappa shape index (κ3) is 4.72. The van der Waals surface area contributed by atoms with Crippen molar-refractivity contribution < 1.29 is 8.78 Å². The molecule has 0 aliphatic heterocycles. The summed E-state index contributed by atoms with van der Waals surface area (Å²) in [7, 11) is 2.92. The van der Waals surface area contributed by atoms with Gasteiger partial charge in [0.25, 0.3) is 5.56 Å². The summed E-state index contributed by atoms with van der Waals surface area (Å²) >= 11 is 0. The highest BCUT2D eigenvalue weighted by Gasteiger charge is 2.19. The Morgan fingerprint density at radius 2 is 1.61 bits per heavy atom. The maximum absolute atomic E-state index is 13.8. The third-order valence-electron chi connectivity index (χ3n) is 5.63. The molecule has 33 heavy (non-hydrogen) atoms. The Kier molecular flexibility index (Phi) is 6.39. The number of halogens is 2. The number of imidazole rings is 1. The molecule has 0 unspecified atom stereocenters. The number of nitrogens with one attached hydrogen (secondary N) is 1. The van der Waals surface area contributed by atoms with E-state index in [1.54, 1.807) is 4.57 Å². The van der Waals surface area contributed by atoms with Crippen molar-refractivity contribution in [2.24, 2.45) is 14.1 Å². The Morgan fingerprint density at radius 3 is 2.30 bits per heavy atom. The fourth-order valence-corrected chi connectivity index (χ4v) is 3.92. The van der Waals surface area contributed by atoms with Gasteiger partial charge in [-0.2, -0.15) is 4.98 Å². The topological polar surface area (TPSA) is 73.8 Å². The Morgan fingerprint density at radius 1 is 0.909 bits per heavy atom. The van der Waals surface area contributed by atoms with Crippen molar-refractivity contribution in [3.8, 4) is 0 Å². The van der Waals surface area contributed by atoms with Crippen molar-refractivity contribution in [3.05, 3.63) is 92.1 Å². The number of nitrogens with zero attached hydrogens (tertiary/aromatic N) is 4. The number of fused-ring (bicyclic) bond motifs is 1. The van der Waals surface area contributed by atoms with Crippen LogP contribution in [0.2, 0.25) is 0 Å². The molecule has 1 N–H and O–H groups in total. The lowest BCUT2D eigenvalue weighted by molar-refractivity contribution is 0.578. The minimum atomic E-state index is -0.704. The van der Waals surface area contributed by atoms with Gasteiger partial charge in [-0.15, -0.1) is 0 Å². The summed E-state index contributed by atoms with van der Waals surface area (Å²) in [6, 6.07) is 13.4. The molecule has 2 aromatic heterocycles. The van der Waals surface area contributed by atoms with Gasteiger partial charge in [0.1, 0.15) is 11.6 Å². The molecule has 4 aromatic rings. The number of hydrogen-bond donors (Lipinski definition) is 1. The molecule has 0 atom stereocenters. The summed E-state index contributed by atoms with van der Waals surface area (Å²) < 4.78 is 31.4. The molecule has 172 valence electrons. The fourth-order valence-electron chi connectivity index (χ4n) is 3.92. The van der Waals surface area contributed by atoms with Crippen molar-refractivity contribution in [1.29, 1.82) is 0 Å². The monoisotopic (exact) mass is 453 g/mol. The van der Waals surface area contributed by atoms with E-state index in [9.17, 15) is 18.4 Å². The third-order valence-corrected chi connectivity index (χ3v) is 5.63. The summed E-state index contributed by atoms with van der Waals surface area (Å²) in [4.78, 5) is 29.8. The molecule has 0 fully saturated rings. The van der Waals surface area contributed by atoms with E-state index in [-0.39, 0.29) is 17.7 Å². The molecule has 9 heteroatoms. The van der Waals surface area contributed by atoms with E-state index in [0.717, 1.165) is 29.9 Å². The first kappa shape index (κ1) is 22.4. The highest BCUT2D eigenvalue weighted by Crippen LogP contribution is 2.19. The van der Waals surface area contributed by atoms with Crippen LogP contribution in [-0.4, -0.2) is 25.2 Å². The highest BCUT2D eigenvalue weighted by atomic mass is 19.1. The second-order valence-electron chi connectivity index (χ2n) is 8.05. The Labute approximate surface area is 188 Å².